The van der Waals surface area contributed by atoms with Crippen molar-refractivity contribution in [2.75, 3.05) is 0 Å². The van der Waals surface area contributed by atoms with Gasteiger partial charge < -0.3 is 9.88 Å². The number of hydrogen-bond donors (Lipinski definition) is 1. The Hall–Kier alpha value is -2.10. The Bertz CT molecular complexity index is 616. The number of carbonyl (C=O) groups is 1. The van der Waals surface area contributed by atoms with Crippen molar-refractivity contribution in [3.8, 4) is 5.69 Å². The fourth-order valence-electron chi connectivity index (χ4n) is 2.58. The van der Waals surface area contributed by atoms with Crippen molar-refractivity contribution in [1.82, 2.24) is 14.9 Å². The van der Waals surface area contributed by atoms with Crippen molar-refractivity contribution in [2.45, 2.75) is 46.6 Å². The van der Waals surface area contributed by atoms with Gasteiger partial charge in [-0.15, -0.1) is 0 Å². The summed E-state index contributed by atoms with van der Waals surface area (Å²) in [7, 11) is 0. The van der Waals surface area contributed by atoms with Gasteiger partial charge in [-0.25, -0.2) is 4.98 Å². The normalized spacial score (nSPS) is 13.6. The van der Waals surface area contributed by atoms with Crippen LogP contribution in [0.15, 0.2) is 36.7 Å². The molecule has 2 rings (SSSR count). The monoisotopic (exact) mass is 299 g/mol. The quantitative estimate of drug-likeness (QED) is 0.882. The number of aryl methyl sites for hydroxylation is 1. The van der Waals surface area contributed by atoms with E-state index in [0.717, 1.165) is 29.9 Å². The van der Waals surface area contributed by atoms with E-state index in [1.807, 2.05) is 31.5 Å². The Morgan fingerprint density at radius 2 is 1.95 bits per heavy atom. The summed E-state index contributed by atoms with van der Waals surface area (Å²) in [5.74, 6) is 1.16. The highest BCUT2D eigenvalue weighted by Crippen LogP contribution is 2.17. The van der Waals surface area contributed by atoms with Crippen molar-refractivity contribution in [1.29, 1.82) is 0 Å². The lowest BCUT2D eigenvalue weighted by atomic mass is 10.0. The van der Waals surface area contributed by atoms with Crippen LogP contribution in [0.1, 0.15) is 51.0 Å². The molecule has 1 heterocycles. The van der Waals surface area contributed by atoms with E-state index in [9.17, 15) is 4.79 Å². The van der Waals surface area contributed by atoms with E-state index in [0.29, 0.717) is 0 Å². The summed E-state index contributed by atoms with van der Waals surface area (Å²) in [6.07, 6.45) is 5.70. The Labute approximate surface area is 132 Å². The number of amides is 1. The molecule has 1 aromatic heterocycles. The minimum Gasteiger partial charge on any atom is -0.349 e. The summed E-state index contributed by atoms with van der Waals surface area (Å²) in [6, 6.07) is 8.25. The molecule has 4 heteroatoms. The van der Waals surface area contributed by atoms with Gasteiger partial charge in [0.05, 0.1) is 6.04 Å². The molecule has 22 heavy (non-hydrogen) atoms. The molecular weight excluding hydrogens is 274 g/mol. The third-order valence-corrected chi connectivity index (χ3v) is 4.03. The highest BCUT2D eigenvalue weighted by atomic mass is 16.1. The first-order valence-corrected chi connectivity index (χ1v) is 7.93. The van der Waals surface area contributed by atoms with Crippen LogP contribution in [0.5, 0.6) is 0 Å². The summed E-state index contributed by atoms with van der Waals surface area (Å²) < 4.78 is 2.04. The zero-order valence-corrected chi connectivity index (χ0v) is 13.8. The second-order valence-electron chi connectivity index (χ2n) is 5.86. The van der Waals surface area contributed by atoms with Crippen molar-refractivity contribution < 1.29 is 4.79 Å². The van der Waals surface area contributed by atoms with E-state index >= 15 is 0 Å². The van der Waals surface area contributed by atoms with E-state index in [2.05, 4.69) is 41.5 Å². The lowest BCUT2D eigenvalue weighted by Crippen LogP contribution is -2.31. The van der Waals surface area contributed by atoms with Crippen molar-refractivity contribution in [3.05, 3.63) is 48.0 Å². The number of carbonyl (C=O) groups excluding carboxylic acids is 1. The summed E-state index contributed by atoms with van der Waals surface area (Å²) in [5, 5.41) is 3.09. The van der Waals surface area contributed by atoms with Crippen LogP contribution in [0.25, 0.3) is 5.69 Å². The molecule has 1 N–H and O–H groups in total. The molecule has 0 aliphatic rings. The Balaban J connectivity index is 2.04. The van der Waals surface area contributed by atoms with Crippen molar-refractivity contribution >= 4 is 5.91 Å². The van der Waals surface area contributed by atoms with Crippen LogP contribution in [0, 0.1) is 12.8 Å². The van der Waals surface area contributed by atoms with E-state index in [-0.39, 0.29) is 17.9 Å². The molecule has 118 valence electrons. The first kappa shape index (κ1) is 16.3. The minimum absolute atomic E-state index is 0.0183. The van der Waals surface area contributed by atoms with E-state index in [1.165, 1.54) is 0 Å². The fourth-order valence-corrected chi connectivity index (χ4v) is 2.58. The fraction of sp³-hybridized carbons (Fsp3) is 0.444. The number of nitrogens with zero attached hydrogens (tertiary/aromatic N) is 2. The first-order chi connectivity index (χ1) is 10.5. The summed E-state index contributed by atoms with van der Waals surface area (Å²) in [5.41, 5.74) is 2.19. The molecule has 0 radical (unpaired) electrons. The number of hydrogen-bond acceptors (Lipinski definition) is 2. The van der Waals surface area contributed by atoms with E-state index in [1.54, 1.807) is 6.20 Å². The second-order valence-corrected chi connectivity index (χ2v) is 5.86. The Kier molecular flexibility index (Phi) is 5.36. The Morgan fingerprint density at radius 1 is 1.27 bits per heavy atom. The third kappa shape index (κ3) is 3.75. The SMILES string of the molecule is CCC[C@@H](C)C(=O)N[C@@H](C)c1ccc(-n2ccnc2C)cc1. The van der Waals surface area contributed by atoms with Crippen molar-refractivity contribution in [2.24, 2.45) is 5.92 Å². The average Bonchev–Trinajstić information content (AvgIpc) is 2.93. The van der Waals surface area contributed by atoms with Crippen LogP contribution in [0.4, 0.5) is 0 Å². The lowest BCUT2D eigenvalue weighted by molar-refractivity contribution is -0.125. The van der Waals surface area contributed by atoms with Gasteiger partial charge in [-0.2, -0.15) is 0 Å². The molecule has 0 aliphatic carbocycles. The maximum atomic E-state index is 12.1. The molecule has 0 spiro atoms. The molecule has 0 unspecified atom stereocenters. The molecule has 0 bridgehead atoms. The number of rotatable bonds is 6. The van der Waals surface area contributed by atoms with Gasteiger partial charge in [0.2, 0.25) is 5.91 Å². The predicted molar refractivity (Wildman–Crippen MR) is 88.9 cm³/mol. The smallest absolute Gasteiger partial charge is 0.223 e. The van der Waals surface area contributed by atoms with Crippen LogP contribution < -0.4 is 5.32 Å². The second kappa shape index (κ2) is 7.25. The largest absolute Gasteiger partial charge is 0.349 e. The van der Waals surface area contributed by atoms with Gasteiger partial charge in [0.15, 0.2) is 0 Å². The maximum Gasteiger partial charge on any atom is 0.223 e. The predicted octanol–water partition coefficient (Wildman–Crippen LogP) is 3.79. The average molecular weight is 299 g/mol. The molecule has 0 saturated heterocycles. The molecule has 1 aromatic carbocycles. The van der Waals surface area contributed by atoms with Gasteiger partial charge >= 0.3 is 0 Å². The van der Waals surface area contributed by atoms with Crippen LogP contribution in [-0.4, -0.2) is 15.5 Å². The lowest BCUT2D eigenvalue weighted by Gasteiger charge is -2.18. The molecule has 0 aliphatic heterocycles. The zero-order valence-electron chi connectivity index (χ0n) is 13.8. The van der Waals surface area contributed by atoms with Crippen LogP contribution in [0.3, 0.4) is 0 Å². The highest BCUT2D eigenvalue weighted by molar-refractivity contribution is 5.78. The molecule has 0 fully saturated rings. The highest BCUT2D eigenvalue weighted by Gasteiger charge is 2.15. The van der Waals surface area contributed by atoms with E-state index < -0.39 is 0 Å². The molecule has 2 aromatic rings. The molecule has 1 amide bonds. The van der Waals surface area contributed by atoms with Gasteiger partial charge in [0, 0.05) is 24.0 Å². The Morgan fingerprint density at radius 3 is 2.50 bits per heavy atom. The molecule has 2 atom stereocenters. The van der Waals surface area contributed by atoms with Crippen molar-refractivity contribution in [3.63, 3.8) is 0 Å². The number of aromatic nitrogens is 2. The summed E-state index contributed by atoms with van der Waals surface area (Å²) in [6.45, 7) is 8.08. The maximum absolute atomic E-state index is 12.1. The van der Waals surface area contributed by atoms with Crippen LogP contribution >= 0.6 is 0 Å². The number of imidazole rings is 1. The van der Waals surface area contributed by atoms with Crippen LogP contribution in [0.2, 0.25) is 0 Å². The zero-order chi connectivity index (χ0) is 16.1. The topological polar surface area (TPSA) is 46.9 Å². The third-order valence-electron chi connectivity index (χ3n) is 4.03. The molecule has 4 nitrogen and oxygen atoms in total. The van der Waals surface area contributed by atoms with Crippen LogP contribution in [-0.2, 0) is 4.79 Å². The summed E-state index contributed by atoms with van der Waals surface area (Å²) in [4.78, 5) is 16.3. The summed E-state index contributed by atoms with van der Waals surface area (Å²) >= 11 is 0. The first-order valence-electron chi connectivity index (χ1n) is 7.93. The number of nitrogens with one attached hydrogen (secondary N) is 1. The molecule has 0 saturated carbocycles. The van der Waals surface area contributed by atoms with E-state index in [4.69, 9.17) is 0 Å². The number of benzene rings is 1. The minimum atomic E-state index is 0.0183. The van der Waals surface area contributed by atoms with Gasteiger partial charge in [0.1, 0.15) is 5.82 Å². The van der Waals surface area contributed by atoms with Gasteiger partial charge in [-0.1, -0.05) is 32.4 Å². The van der Waals surface area contributed by atoms with Gasteiger partial charge in [0.25, 0.3) is 0 Å². The molecular formula is C18H25N3O. The standard InChI is InChI=1S/C18H25N3O/c1-5-6-13(2)18(22)20-14(3)16-7-9-17(10-8-16)21-12-11-19-15(21)4/h7-14H,5-6H2,1-4H3,(H,20,22)/t13-,14+/m1/s1. The van der Waals surface area contributed by atoms with Gasteiger partial charge in [-0.3, -0.25) is 4.79 Å². The van der Waals surface area contributed by atoms with Gasteiger partial charge in [-0.05, 0) is 38.0 Å².